The Morgan fingerprint density at radius 1 is 1.25 bits per heavy atom. The Labute approximate surface area is 150 Å². The van der Waals surface area contributed by atoms with Crippen LogP contribution in [0.2, 0.25) is 0 Å². The summed E-state index contributed by atoms with van der Waals surface area (Å²) in [4.78, 5) is 0. The Morgan fingerprint density at radius 2 is 2.08 bits per heavy atom. The van der Waals surface area contributed by atoms with E-state index in [4.69, 9.17) is 4.74 Å². The highest BCUT2D eigenvalue weighted by molar-refractivity contribution is 5.85. The van der Waals surface area contributed by atoms with Gasteiger partial charge in [-0.1, -0.05) is 24.1 Å². The van der Waals surface area contributed by atoms with Crippen LogP contribution < -0.4 is 10.1 Å². The number of hydrogen-bond donors (Lipinski definition) is 1. The van der Waals surface area contributed by atoms with Crippen LogP contribution in [0, 0.1) is 6.92 Å². The summed E-state index contributed by atoms with van der Waals surface area (Å²) in [7, 11) is 1.72. The molecule has 24 heavy (non-hydrogen) atoms. The molecule has 0 bridgehead atoms. The van der Waals surface area contributed by atoms with Crippen LogP contribution in [0.1, 0.15) is 55.0 Å². The minimum absolute atomic E-state index is 0. The second-order valence-electron chi connectivity index (χ2n) is 6.35. The third-order valence-corrected chi connectivity index (χ3v) is 4.56. The van der Waals surface area contributed by atoms with Crippen LogP contribution in [-0.4, -0.2) is 21.9 Å². The van der Waals surface area contributed by atoms with Crippen molar-refractivity contribution in [3.8, 4) is 5.75 Å². The van der Waals surface area contributed by atoms with Crippen molar-refractivity contribution in [2.75, 3.05) is 7.11 Å². The quantitative estimate of drug-likeness (QED) is 0.895. The fourth-order valence-corrected chi connectivity index (χ4v) is 3.23. The Hall–Kier alpha value is -1.59. The molecular formula is C18H27ClN4O. The van der Waals surface area contributed by atoms with Gasteiger partial charge in [0.1, 0.15) is 17.4 Å². The van der Waals surface area contributed by atoms with Crippen molar-refractivity contribution in [3.05, 3.63) is 41.0 Å². The summed E-state index contributed by atoms with van der Waals surface area (Å²) < 4.78 is 7.76. The Balaban J connectivity index is 0.00000208. The van der Waals surface area contributed by atoms with E-state index < -0.39 is 0 Å². The lowest BCUT2D eigenvalue weighted by Crippen LogP contribution is -2.22. The van der Waals surface area contributed by atoms with E-state index in [1.807, 2.05) is 6.07 Å². The zero-order valence-electron chi connectivity index (χ0n) is 14.7. The number of benzene rings is 1. The van der Waals surface area contributed by atoms with Gasteiger partial charge in [-0.2, -0.15) is 0 Å². The minimum Gasteiger partial charge on any atom is -0.496 e. The van der Waals surface area contributed by atoms with Gasteiger partial charge in [0, 0.05) is 25.1 Å². The normalized spacial score (nSPS) is 15.1. The summed E-state index contributed by atoms with van der Waals surface area (Å²) in [6.07, 6.45) is 4.77. The predicted molar refractivity (Wildman–Crippen MR) is 97.8 cm³/mol. The van der Waals surface area contributed by atoms with Gasteiger partial charge in [0.25, 0.3) is 0 Å². The van der Waals surface area contributed by atoms with Crippen molar-refractivity contribution >= 4 is 12.4 Å². The number of rotatable bonds is 5. The van der Waals surface area contributed by atoms with Gasteiger partial charge in [0.15, 0.2) is 0 Å². The molecule has 2 aromatic rings. The molecule has 1 aromatic heterocycles. The van der Waals surface area contributed by atoms with Crippen LogP contribution in [0.15, 0.2) is 18.2 Å². The van der Waals surface area contributed by atoms with E-state index in [0.717, 1.165) is 36.9 Å². The first-order valence-electron chi connectivity index (χ1n) is 8.48. The lowest BCUT2D eigenvalue weighted by Gasteiger charge is -2.17. The van der Waals surface area contributed by atoms with E-state index in [1.165, 1.54) is 30.4 Å². The maximum Gasteiger partial charge on any atom is 0.149 e. The van der Waals surface area contributed by atoms with Crippen LogP contribution in [0.5, 0.6) is 5.75 Å². The average Bonchev–Trinajstić information content (AvgIpc) is 2.81. The van der Waals surface area contributed by atoms with Gasteiger partial charge in [0.05, 0.1) is 13.2 Å². The van der Waals surface area contributed by atoms with Crippen molar-refractivity contribution < 1.29 is 4.74 Å². The number of nitrogens with zero attached hydrogens (tertiary/aromatic N) is 3. The summed E-state index contributed by atoms with van der Waals surface area (Å²) in [6.45, 7) is 6.06. The highest BCUT2D eigenvalue weighted by Crippen LogP contribution is 2.22. The van der Waals surface area contributed by atoms with E-state index in [-0.39, 0.29) is 18.4 Å². The van der Waals surface area contributed by atoms with Gasteiger partial charge in [-0.25, -0.2) is 0 Å². The smallest absolute Gasteiger partial charge is 0.149 e. The largest absolute Gasteiger partial charge is 0.496 e. The van der Waals surface area contributed by atoms with Gasteiger partial charge in [0.2, 0.25) is 0 Å². The van der Waals surface area contributed by atoms with E-state index in [9.17, 15) is 0 Å². The third kappa shape index (κ3) is 4.08. The van der Waals surface area contributed by atoms with Crippen molar-refractivity contribution in [2.45, 2.75) is 58.7 Å². The first-order valence-corrected chi connectivity index (χ1v) is 8.48. The summed E-state index contributed by atoms with van der Waals surface area (Å²) in [5.41, 5.74) is 2.42. The molecule has 0 saturated carbocycles. The molecule has 0 amide bonds. The highest BCUT2D eigenvalue weighted by Gasteiger charge is 2.19. The number of ether oxygens (including phenoxy) is 1. The van der Waals surface area contributed by atoms with Gasteiger partial charge in [-0.15, -0.1) is 22.6 Å². The number of halogens is 1. The van der Waals surface area contributed by atoms with E-state index >= 15 is 0 Å². The molecule has 132 valence electrons. The van der Waals surface area contributed by atoms with Crippen LogP contribution in [0.4, 0.5) is 0 Å². The van der Waals surface area contributed by atoms with Gasteiger partial charge in [-0.05, 0) is 32.8 Å². The summed E-state index contributed by atoms with van der Waals surface area (Å²) in [5, 5.41) is 12.4. The van der Waals surface area contributed by atoms with Crippen molar-refractivity contribution in [2.24, 2.45) is 0 Å². The fraction of sp³-hybridized carbons (Fsp3) is 0.556. The first kappa shape index (κ1) is 18.7. The van der Waals surface area contributed by atoms with Crippen LogP contribution >= 0.6 is 12.4 Å². The molecule has 0 radical (unpaired) electrons. The monoisotopic (exact) mass is 350 g/mol. The van der Waals surface area contributed by atoms with Crippen LogP contribution in [0.25, 0.3) is 0 Å². The third-order valence-electron chi connectivity index (χ3n) is 4.56. The van der Waals surface area contributed by atoms with Gasteiger partial charge >= 0.3 is 0 Å². The molecule has 1 unspecified atom stereocenters. The zero-order chi connectivity index (χ0) is 16.2. The average molecular weight is 351 g/mol. The molecule has 2 heterocycles. The molecular weight excluding hydrogens is 324 g/mol. The number of hydrogen-bond acceptors (Lipinski definition) is 4. The fourth-order valence-electron chi connectivity index (χ4n) is 3.23. The molecule has 1 N–H and O–H groups in total. The van der Waals surface area contributed by atoms with Crippen molar-refractivity contribution in [1.82, 2.24) is 20.1 Å². The molecule has 1 aliphatic rings. The van der Waals surface area contributed by atoms with Gasteiger partial charge in [-0.3, -0.25) is 0 Å². The van der Waals surface area contributed by atoms with E-state index in [0.29, 0.717) is 0 Å². The molecule has 0 aliphatic carbocycles. The number of aromatic nitrogens is 3. The van der Waals surface area contributed by atoms with Crippen LogP contribution in [-0.2, 0) is 19.5 Å². The minimum atomic E-state index is 0. The maximum atomic E-state index is 5.46. The molecule has 1 aliphatic heterocycles. The molecule has 1 aromatic carbocycles. The molecule has 0 spiro atoms. The number of nitrogens with one attached hydrogen (secondary N) is 1. The Kier molecular flexibility index (Phi) is 6.63. The topological polar surface area (TPSA) is 52.0 Å². The Bertz CT molecular complexity index is 671. The Morgan fingerprint density at radius 3 is 2.88 bits per heavy atom. The molecule has 1 atom stereocenters. The lowest BCUT2D eigenvalue weighted by atomic mass is 10.1. The van der Waals surface area contributed by atoms with E-state index in [1.54, 1.807) is 7.11 Å². The molecule has 6 heteroatoms. The zero-order valence-corrected chi connectivity index (χ0v) is 15.5. The molecule has 5 nitrogen and oxygen atoms in total. The van der Waals surface area contributed by atoms with Gasteiger partial charge < -0.3 is 14.6 Å². The van der Waals surface area contributed by atoms with Crippen molar-refractivity contribution in [1.29, 1.82) is 0 Å². The predicted octanol–water partition coefficient (Wildman–Crippen LogP) is 3.59. The standard InChI is InChI=1S/C18H26N4O.ClH/c1-13-8-9-16(23-3)15(11-13)12-19-14(2)18-21-20-17-7-5-4-6-10-22(17)18;/h8-9,11,14,19H,4-7,10,12H2,1-3H3;1H. The second kappa shape index (κ2) is 8.49. The lowest BCUT2D eigenvalue weighted by molar-refractivity contribution is 0.404. The SMILES string of the molecule is COc1ccc(C)cc1CNC(C)c1nnc2n1CCCCC2.Cl. The summed E-state index contributed by atoms with van der Waals surface area (Å²) in [5.74, 6) is 3.11. The van der Waals surface area contributed by atoms with Crippen LogP contribution in [0.3, 0.4) is 0 Å². The number of methoxy groups -OCH3 is 1. The van der Waals surface area contributed by atoms with E-state index in [2.05, 4.69) is 46.1 Å². The second-order valence-corrected chi connectivity index (χ2v) is 6.35. The summed E-state index contributed by atoms with van der Waals surface area (Å²) in [6, 6.07) is 6.44. The number of fused-ring (bicyclic) bond motifs is 1. The maximum absolute atomic E-state index is 5.46. The molecule has 3 rings (SSSR count). The highest BCUT2D eigenvalue weighted by atomic mass is 35.5. The summed E-state index contributed by atoms with van der Waals surface area (Å²) >= 11 is 0. The molecule has 0 saturated heterocycles. The number of aryl methyl sites for hydroxylation is 2. The van der Waals surface area contributed by atoms with Crippen molar-refractivity contribution in [3.63, 3.8) is 0 Å². The molecule has 0 fully saturated rings. The first-order chi connectivity index (χ1) is 11.2.